The second kappa shape index (κ2) is 4.70. The van der Waals surface area contributed by atoms with E-state index in [1.165, 1.54) is 4.90 Å². The average Bonchev–Trinajstić information content (AvgIpc) is 2.43. The topological polar surface area (TPSA) is 43.4 Å². The molecule has 0 fully saturated rings. The average molecular weight is 272 g/mol. The van der Waals surface area contributed by atoms with Gasteiger partial charge < -0.3 is 4.74 Å². The van der Waals surface area contributed by atoms with Crippen LogP contribution in [0.3, 0.4) is 0 Å². The van der Waals surface area contributed by atoms with Crippen LogP contribution in [-0.4, -0.2) is 18.4 Å². The molecule has 0 aromatic heterocycles. The molecule has 0 bridgehead atoms. The SMILES string of the molecule is CC1=CC(OC=O)C(=O)C2=C1Sc1ccccc1C2. The number of thioether (sulfide) groups is 1. The Bertz CT molecular complexity index is 628. The largest absolute Gasteiger partial charge is 0.452 e. The van der Waals surface area contributed by atoms with Crippen molar-refractivity contribution in [2.75, 3.05) is 0 Å². The minimum Gasteiger partial charge on any atom is -0.452 e. The van der Waals surface area contributed by atoms with Crippen molar-refractivity contribution in [1.29, 1.82) is 0 Å². The van der Waals surface area contributed by atoms with Gasteiger partial charge in [0.25, 0.3) is 6.47 Å². The van der Waals surface area contributed by atoms with Crippen LogP contribution < -0.4 is 0 Å². The van der Waals surface area contributed by atoms with Gasteiger partial charge in [0.15, 0.2) is 6.10 Å². The molecule has 1 aliphatic carbocycles. The van der Waals surface area contributed by atoms with E-state index in [-0.39, 0.29) is 5.78 Å². The highest BCUT2D eigenvalue weighted by Gasteiger charge is 2.33. The Morgan fingerprint density at radius 2 is 2.16 bits per heavy atom. The molecule has 0 saturated heterocycles. The van der Waals surface area contributed by atoms with Crippen molar-refractivity contribution in [3.8, 4) is 0 Å². The third-order valence-electron chi connectivity index (χ3n) is 3.34. The second-order valence-electron chi connectivity index (χ2n) is 4.56. The van der Waals surface area contributed by atoms with E-state index in [1.807, 2.05) is 25.1 Å². The molecular weight excluding hydrogens is 260 g/mol. The Kier molecular flexibility index (Phi) is 3.03. The summed E-state index contributed by atoms with van der Waals surface area (Å²) in [4.78, 5) is 25.0. The molecule has 0 amide bonds. The molecule has 4 heteroatoms. The fourth-order valence-electron chi connectivity index (χ4n) is 2.42. The van der Waals surface area contributed by atoms with Gasteiger partial charge in [0.05, 0.1) is 0 Å². The maximum atomic E-state index is 12.3. The Labute approximate surface area is 115 Å². The van der Waals surface area contributed by atoms with E-state index < -0.39 is 6.10 Å². The van der Waals surface area contributed by atoms with Gasteiger partial charge >= 0.3 is 0 Å². The Morgan fingerprint density at radius 1 is 1.37 bits per heavy atom. The Balaban J connectivity index is 2.01. The standard InChI is InChI=1S/C15H12O3S/c1-9-6-12(18-8-16)14(17)11-7-10-4-2-3-5-13(10)19-15(9)11/h2-6,8,12H,7H2,1H3. The third-order valence-corrected chi connectivity index (χ3v) is 4.73. The first-order valence-electron chi connectivity index (χ1n) is 6.01. The summed E-state index contributed by atoms with van der Waals surface area (Å²) in [6, 6.07) is 8.07. The Morgan fingerprint density at radius 3 is 2.95 bits per heavy atom. The minimum absolute atomic E-state index is 0.102. The highest BCUT2D eigenvalue weighted by atomic mass is 32.2. The molecule has 1 aromatic carbocycles. The van der Waals surface area contributed by atoms with Gasteiger partial charge in [-0.05, 0) is 30.2 Å². The van der Waals surface area contributed by atoms with Crippen LogP contribution in [0, 0.1) is 0 Å². The van der Waals surface area contributed by atoms with Gasteiger partial charge in [-0.2, -0.15) is 0 Å². The smallest absolute Gasteiger partial charge is 0.294 e. The van der Waals surface area contributed by atoms with E-state index in [0.717, 1.165) is 21.6 Å². The molecule has 3 rings (SSSR count). The van der Waals surface area contributed by atoms with E-state index in [4.69, 9.17) is 4.74 Å². The highest BCUT2D eigenvalue weighted by Crippen LogP contribution is 2.44. The number of hydrogen-bond donors (Lipinski definition) is 0. The van der Waals surface area contributed by atoms with Crippen LogP contribution in [0.5, 0.6) is 0 Å². The molecule has 0 spiro atoms. The summed E-state index contributed by atoms with van der Waals surface area (Å²) in [5.41, 5.74) is 2.91. The molecule has 0 radical (unpaired) electrons. The number of benzene rings is 1. The first-order valence-corrected chi connectivity index (χ1v) is 6.83. The van der Waals surface area contributed by atoms with Crippen molar-refractivity contribution in [1.82, 2.24) is 0 Å². The summed E-state index contributed by atoms with van der Waals surface area (Å²) in [5.74, 6) is -0.102. The van der Waals surface area contributed by atoms with E-state index in [1.54, 1.807) is 17.8 Å². The van der Waals surface area contributed by atoms with Crippen molar-refractivity contribution in [2.45, 2.75) is 24.3 Å². The predicted molar refractivity (Wildman–Crippen MR) is 72.7 cm³/mol. The first-order chi connectivity index (χ1) is 9.20. The van der Waals surface area contributed by atoms with Crippen LogP contribution >= 0.6 is 11.8 Å². The number of ketones is 1. The van der Waals surface area contributed by atoms with Gasteiger partial charge in [-0.3, -0.25) is 9.59 Å². The fraction of sp³-hybridized carbons (Fsp3) is 0.200. The lowest BCUT2D eigenvalue weighted by molar-refractivity contribution is -0.139. The number of carbonyl (C=O) groups excluding carboxylic acids is 2. The summed E-state index contributed by atoms with van der Waals surface area (Å²) in [7, 11) is 0. The van der Waals surface area contributed by atoms with Gasteiger partial charge in [0, 0.05) is 21.8 Å². The molecule has 1 atom stereocenters. The van der Waals surface area contributed by atoms with Crippen LogP contribution in [0.1, 0.15) is 12.5 Å². The van der Waals surface area contributed by atoms with Gasteiger partial charge in [-0.15, -0.1) is 0 Å². The number of rotatable bonds is 2. The number of Topliss-reactive ketones (excluding diaryl/α,β-unsaturated/α-hetero) is 1. The van der Waals surface area contributed by atoms with E-state index in [0.29, 0.717) is 12.9 Å². The molecule has 1 aromatic rings. The zero-order chi connectivity index (χ0) is 13.4. The van der Waals surface area contributed by atoms with Crippen molar-refractivity contribution in [2.24, 2.45) is 0 Å². The molecule has 0 saturated carbocycles. The Hall–Kier alpha value is -1.81. The predicted octanol–water partition coefficient (Wildman–Crippen LogP) is 2.66. The number of fused-ring (bicyclic) bond motifs is 1. The normalized spacial score (nSPS) is 21.4. The summed E-state index contributed by atoms with van der Waals surface area (Å²) in [5, 5.41) is 0. The molecule has 3 nitrogen and oxygen atoms in total. The molecule has 96 valence electrons. The van der Waals surface area contributed by atoms with Crippen LogP contribution in [0.25, 0.3) is 0 Å². The number of allylic oxidation sites excluding steroid dienone is 1. The van der Waals surface area contributed by atoms with Crippen LogP contribution in [0.15, 0.2) is 51.3 Å². The summed E-state index contributed by atoms with van der Waals surface area (Å²) < 4.78 is 4.85. The van der Waals surface area contributed by atoms with Crippen molar-refractivity contribution < 1.29 is 14.3 Å². The van der Waals surface area contributed by atoms with E-state index in [2.05, 4.69) is 6.07 Å². The van der Waals surface area contributed by atoms with E-state index in [9.17, 15) is 9.59 Å². The van der Waals surface area contributed by atoms with Gasteiger partial charge in [-0.25, -0.2) is 0 Å². The molecule has 1 aliphatic heterocycles. The zero-order valence-corrected chi connectivity index (χ0v) is 11.2. The quantitative estimate of drug-likeness (QED) is 0.776. The van der Waals surface area contributed by atoms with Gasteiger partial charge in [-0.1, -0.05) is 30.0 Å². The molecule has 19 heavy (non-hydrogen) atoms. The third kappa shape index (κ3) is 2.02. The minimum atomic E-state index is -0.762. The van der Waals surface area contributed by atoms with Crippen LogP contribution in [0.4, 0.5) is 0 Å². The highest BCUT2D eigenvalue weighted by molar-refractivity contribution is 8.03. The zero-order valence-electron chi connectivity index (χ0n) is 10.4. The summed E-state index contributed by atoms with van der Waals surface area (Å²) >= 11 is 1.62. The second-order valence-corrected chi connectivity index (χ2v) is 5.61. The van der Waals surface area contributed by atoms with E-state index >= 15 is 0 Å². The molecule has 2 aliphatic rings. The maximum absolute atomic E-state index is 12.3. The van der Waals surface area contributed by atoms with Crippen LogP contribution in [0.2, 0.25) is 0 Å². The van der Waals surface area contributed by atoms with Crippen molar-refractivity contribution >= 4 is 24.0 Å². The lowest BCUT2D eigenvalue weighted by atomic mass is 9.91. The molecule has 1 heterocycles. The molecule has 1 unspecified atom stereocenters. The molecular formula is C15H12O3S. The number of ether oxygens (including phenoxy) is 1. The first kappa shape index (κ1) is 12.2. The molecule has 0 N–H and O–H groups in total. The van der Waals surface area contributed by atoms with Crippen molar-refractivity contribution in [3.63, 3.8) is 0 Å². The summed E-state index contributed by atoms with van der Waals surface area (Å²) in [6.45, 7) is 2.28. The number of carbonyl (C=O) groups is 2. The van der Waals surface area contributed by atoms with Crippen molar-refractivity contribution in [3.05, 3.63) is 52.0 Å². The lowest BCUT2D eigenvalue weighted by Gasteiger charge is -2.27. The van der Waals surface area contributed by atoms with Gasteiger partial charge in [0.2, 0.25) is 5.78 Å². The fourth-order valence-corrected chi connectivity index (χ4v) is 3.58. The maximum Gasteiger partial charge on any atom is 0.294 e. The lowest BCUT2D eigenvalue weighted by Crippen LogP contribution is -2.29. The monoisotopic (exact) mass is 272 g/mol. The van der Waals surface area contributed by atoms with Crippen LogP contribution in [-0.2, 0) is 20.7 Å². The summed E-state index contributed by atoms with van der Waals surface area (Å²) in [6.07, 6.45) is 1.57. The number of hydrogen-bond acceptors (Lipinski definition) is 4. The van der Waals surface area contributed by atoms with Gasteiger partial charge in [0.1, 0.15) is 0 Å².